The minimum absolute atomic E-state index is 0.176. The molecule has 3 nitrogen and oxygen atoms in total. The molecule has 9 heavy (non-hydrogen) atoms. The largest absolute Gasteiger partial charge is 0.447 e. The maximum atomic E-state index is 10.7. The summed E-state index contributed by atoms with van der Waals surface area (Å²) in [6, 6.07) is 0.266. The van der Waals surface area contributed by atoms with E-state index in [2.05, 4.69) is 0 Å². The van der Waals surface area contributed by atoms with Crippen LogP contribution in [0.4, 0.5) is 4.79 Å². The molecule has 0 N–H and O–H groups in total. The van der Waals surface area contributed by atoms with Gasteiger partial charge in [-0.2, -0.15) is 0 Å². The Balaban J connectivity index is 2.55. The van der Waals surface area contributed by atoms with Gasteiger partial charge in [-0.05, 0) is 13.8 Å². The molecule has 1 saturated heterocycles. The van der Waals surface area contributed by atoms with Crippen LogP contribution in [0.3, 0.4) is 0 Å². The molecule has 1 heterocycles. The van der Waals surface area contributed by atoms with Gasteiger partial charge < -0.3 is 9.64 Å². The maximum absolute atomic E-state index is 10.7. The molecule has 3 heteroatoms. The summed E-state index contributed by atoms with van der Waals surface area (Å²) in [5.74, 6) is 0. The van der Waals surface area contributed by atoms with Gasteiger partial charge in [-0.25, -0.2) is 4.79 Å². The molecule has 1 amide bonds. The first-order chi connectivity index (χ1) is 4.25. The highest BCUT2D eigenvalue weighted by Gasteiger charge is 2.27. The normalized spacial score (nSPS) is 26.7. The Labute approximate surface area is 54.6 Å². The Hall–Kier alpha value is -0.730. The van der Waals surface area contributed by atoms with Gasteiger partial charge in [0.15, 0.2) is 0 Å². The quantitative estimate of drug-likeness (QED) is 0.525. The molecule has 1 rings (SSSR count). The molecular formula is C6H11NO2. The highest BCUT2D eigenvalue weighted by molar-refractivity contribution is 5.69. The summed E-state index contributed by atoms with van der Waals surface area (Å²) >= 11 is 0. The third kappa shape index (κ3) is 0.992. The minimum atomic E-state index is -0.176. The van der Waals surface area contributed by atoms with Crippen molar-refractivity contribution in [2.24, 2.45) is 0 Å². The lowest BCUT2D eigenvalue weighted by Gasteiger charge is -2.13. The number of nitrogens with zero attached hydrogens (tertiary/aromatic N) is 1. The summed E-state index contributed by atoms with van der Waals surface area (Å²) in [7, 11) is 0. The fourth-order valence-electron chi connectivity index (χ4n) is 0.985. The molecule has 52 valence electrons. The van der Waals surface area contributed by atoms with Gasteiger partial charge in [0.1, 0.15) is 6.61 Å². The predicted molar refractivity (Wildman–Crippen MR) is 33.2 cm³/mol. The summed E-state index contributed by atoms with van der Waals surface area (Å²) < 4.78 is 4.76. The van der Waals surface area contributed by atoms with E-state index in [1.807, 2.05) is 13.8 Å². The molecule has 0 aliphatic carbocycles. The van der Waals surface area contributed by atoms with Gasteiger partial charge in [0.05, 0.1) is 6.04 Å². The average molecular weight is 129 g/mol. The maximum Gasteiger partial charge on any atom is 0.410 e. The lowest BCUT2D eigenvalue weighted by atomic mass is 10.3. The van der Waals surface area contributed by atoms with Crippen molar-refractivity contribution in [3.05, 3.63) is 0 Å². The van der Waals surface area contributed by atoms with E-state index in [4.69, 9.17) is 4.74 Å². The van der Waals surface area contributed by atoms with Crippen molar-refractivity contribution < 1.29 is 9.53 Å². The van der Waals surface area contributed by atoms with E-state index in [0.717, 1.165) is 6.54 Å². The van der Waals surface area contributed by atoms with Crippen LogP contribution in [0.1, 0.15) is 13.8 Å². The molecule has 0 spiro atoms. The van der Waals surface area contributed by atoms with Crippen molar-refractivity contribution in [3.8, 4) is 0 Å². The summed E-state index contributed by atoms with van der Waals surface area (Å²) in [5.41, 5.74) is 0. The van der Waals surface area contributed by atoms with Crippen molar-refractivity contribution in [3.63, 3.8) is 0 Å². The van der Waals surface area contributed by atoms with Crippen LogP contribution < -0.4 is 0 Å². The molecule has 0 radical (unpaired) electrons. The third-order valence-electron chi connectivity index (χ3n) is 1.56. The van der Waals surface area contributed by atoms with Gasteiger partial charge >= 0.3 is 6.09 Å². The Morgan fingerprint density at radius 3 is 2.78 bits per heavy atom. The topological polar surface area (TPSA) is 29.5 Å². The zero-order chi connectivity index (χ0) is 6.85. The molecule has 1 aliphatic heterocycles. The van der Waals surface area contributed by atoms with Gasteiger partial charge in [0.25, 0.3) is 0 Å². The van der Waals surface area contributed by atoms with Gasteiger partial charge in [-0.15, -0.1) is 0 Å². The smallest absolute Gasteiger partial charge is 0.410 e. The molecule has 1 fully saturated rings. The molecule has 0 aromatic rings. The Morgan fingerprint density at radius 2 is 2.56 bits per heavy atom. The minimum Gasteiger partial charge on any atom is -0.447 e. The molecule has 0 saturated carbocycles. The van der Waals surface area contributed by atoms with Crippen molar-refractivity contribution in [1.29, 1.82) is 0 Å². The Bertz CT molecular complexity index is 124. The second-order valence-electron chi connectivity index (χ2n) is 2.21. The van der Waals surface area contributed by atoms with Crippen molar-refractivity contribution in [1.82, 2.24) is 4.90 Å². The summed E-state index contributed by atoms with van der Waals surface area (Å²) in [6.07, 6.45) is -0.176. The van der Waals surface area contributed by atoms with Crippen LogP contribution in [0.2, 0.25) is 0 Å². The van der Waals surface area contributed by atoms with E-state index < -0.39 is 0 Å². The van der Waals surface area contributed by atoms with Crippen molar-refractivity contribution >= 4 is 6.09 Å². The van der Waals surface area contributed by atoms with Crippen LogP contribution in [-0.2, 0) is 4.74 Å². The summed E-state index contributed by atoms with van der Waals surface area (Å²) in [5, 5.41) is 0. The van der Waals surface area contributed by atoms with Gasteiger partial charge in [-0.1, -0.05) is 0 Å². The molecule has 1 atom stereocenters. The number of likely N-dealkylation sites (N-methyl/N-ethyl adjacent to an activating group) is 1. The van der Waals surface area contributed by atoms with E-state index in [-0.39, 0.29) is 12.1 Å². The van der Waals surface area contributed by atoms with E-state index in [1.165, 1.54) is 0 Å². The lowest BCUT2D eigenvalue weighted by Crippen LogP contribution is -2.30. The van der Waals surface area contributed by atoms with Crippen LogP contribution in [0.15, 0.2) is 0 Å². The van der Waals surface area contributed by atoms with Crippen molar-refractivity contribution in [2.75, 3.05) is 13.2 Å². The first-order valence-corrected chi connectivity index (χ1v) is 3.19. The number of amides is 1. The number of carbonyl (C=O) groups is 1. The Morgan fingerprint density at radius 1 is 1.89 bits per heavy atom. The van der Waals surface area contributed by atoms with Gasteiger partial charge in [0.2, 0.25) is 0 Å². The van der Waals surface area contributed by atoms with Gasteiger partial charge in [0, 0.05) is 6.54 Å². The lowest BCUT2D eigenvalue weighted by molar-refractivity contribution is 0.159. The molecule has 0 aromatic heterocycles. The first-order valence-electron chi connectivity index (χ1n) is 3.19. The zero-order valence-electron chi connectivity index (χ0n) is 5.76. The Kier molecular flexibility index (Phi) is 1.60. The van der Waals surface area contributed by atoms with Crippen LogP contribution in [0.5, 0.6) is 0 Å². The highest BCUT2D eigenvalue weighted by atomic mass is 16.6. The fourth-order valence-corrected chi connectivity index (χ4v) is 0.985. The van der Waals surface area contributed by atoms with E-state index in [1.54, 1.807) is 4.90 Å². The summed E-state index contributed by atoms with van der Waals surface area (Å²) in [4.78, 5) is 12.4. The number of rotatable bonds is 1. The summed E-state index contributed by atoms with van der Waals surface area (Å²) in [6.45, 7) is 5.23. The van der Waals surface area contributed by atoms with Gasteiger partial charge in [-0.3, -0.25) is 0 Å². The molecule has 1 aliphatic rings. The zero-order valence-corrected chi connectivity index (χ0v) is 5.76. The van der Waals surface area contributed by atoms with E-state index in [9.17, 15) is 4.79 Å². The third-order valence-corrected chi connectivity index (χ3v) is 1.56. The average Bonchev–Trinajstić information content (AvgIpc) is 2.12. The predicted octanol–water partition coefficient (Wildman–Crippen LogP) is 0.847. The molecule has 0 aromatic carbocycles. The fraction of sp³-hybridized carbons (Fsp3) is 0.833. The van der Waals surface area contributed by atoms with E-state index in [0.29, 0.717) is 6.61 Å². The molecular weight excluding hydrogens is 118 g/mol. The van der Waals surface area contributed by atoms with Crippen LogP contribution >= 0.6 is 0 Å². The second kappa shape index (κ2) is 2.25. The number of hydrogen-bond acceptors (Lipinski definition) is 2. The van der Waals surface area contributed by atoms with Crippen LogP contribution in [-0.4, -0.2) is 30.2 Å². The van der Waals surface area contributed by atoms with Crippen LogP contribution in [0.25, 0.3) is 0 Å². The first kappa shape index (κ1) is 6.39. The standard InChI is InChI=1S/C6H11NO2/c1-3-7-5(2)4-9-6(7)8/h5H,3-4H2,1-2H3/t5-/m1/s1. The second-order valence-corrected chi connectivity index (χ2v) is 2.21. The number of ether oxygens (including phenoxy) is 1. The van der Waals surface area contributed by atoms with E-state index >= 15 is 0 Å². The van der Waals surface area contributed by atoms with Crippen molar-refractivity contribution in [2.45, 2.75) is 19.9 Å². The monoisotopic (exact) mass is 129 g/mol. The highest BCUT2D eigenvalue weighted by Crippen LogP contribution is 2.09. The van der Waals surface area contributed by atoms with Crippen LogP contribution in [0, 0.1) is 0 Å². The SMILES string of the molecule is CCN1C(=O)OC[C@H]1C. The number of cyclic esters (lactones) is 1. The molecule has 0 bridgehead atoms. The molecule has 0 unspecified atom stereocenters. The number of carbonyl (C=O) groups excluding carboxylic acids is 1. The number of hydrogen-bond donors (Lipinski definition) is 0.